The van der Waals surface area contributed by atoms with Crippen LogP contribution in [0.5, 0.6) is 0 Å². The Morgan fingerprint density at radius 1 is 1.00 bits per heavy atom. The Labute approximate surface area is 148 Å². The van der Waals surface area contributed by atoms with E-state index in [0.717, 1.165) is 23.9 Å². The second-order valence-electron chi connectivity index (χ2n) is 6.82. The van der Waals surface area contributed by atoms with Gasteiger partial charge in [0, 0.05) is 12.7 Å². The third-order valence-corrected chi connectivity index (χ3v) is 4.82. The zero-order chi connectivity index (χ0) is 17.6. The van der Waals surface area contributed by atoms with E-state index in [9.17, 15) is 0 Å². The summed E-state index contributed by atoms with van der Waals surface area (Å²) in [5, 5.41) is 0. The largest absolute Gasteiger partial charge is 0.352 e. The van der Waals surface area contributed by atoms with Gasteiger partial charge in [-0.1, -0.05) is 29.8 Å². The van der Waals surface area contributed by atoms with Crippen molar-refractivity contribution in [1.29, 1.82) is 0 Å². The number of hydrogen-bond donors (Lipinski definition) is 0. The van der Waals surface area contributed by atoms with Crippen LogP contribution in [0.4, 0.5) is 17.2 Å². The van der Waals surface area contributed by atoms with E-state index in [1.54, 1.807) is 6.33 Å². The summed E-state index contributed by atoms with van der Waals surface area (Å²) in [4.78, 5) is 13.0. The third-order valence-electron chi connectivity index (χ3n) is 4.82. The molecule has 0 unspecified atom stereocenters. The van der Waals surface area contributed by atoms with Crippen LogP contribution >= 0.6 is 0 Å². The molecule has 3 aromatic rings. The van der Waals surface area contributed by atoms with Crippen LogP contribution in [0.1, 0.15) is 16.7 Å². The summed E-state index contributed by atoms with van der Waals surface area (Å²) in [5.41, 5.74) is 8.73. The van der Waals surface area contributed by atoms with Crippen molar-refractivity contribution in [2.24, 2.45) is 0 Å². The smallest absolute Gasteiger partial charge is 0.161 e. The first kappa shape index (κ1) is 15.6. The van der Waals surface area contributed by atoms with Gasteiger partial charge in [-0.15, -0.1) is 0 Å². The van der Waals surface area contributed by atoms with Crippen molar-refractivity contribution >= 4 is 17.2 Å². The zero-order valence-corrected chi connectivity index (χ0v) is 15.1. The van der Waals surface area contributed by atoms with Crippen LogP contribution in [0.15, 0.2) is 48.9 Å². The molecule has 0 amide bonds. The van der Waals surface area contributed by atoms with Gasteiger partial charge in [-0.2, -0.15) is 0 Å². The van der Waals surface area contributed by atoms with Gasteiger partial charge in [0.2, 0.25) is 0 Å². The fraction of sp³-hybridized carbons (Fsp3) is 0.238. The monoisotopic (exact) mass is 330 g/mol. The number of rotatable bonds is 2. The number of hydrogen-bond acceptors (Lipinski definition) is 4. The van der Waals surface area contributed by atoms with Gasteiger partial charge in [0.1, 0.15) is 12.0 Å². The molecule has 0 saturated heterocycles. The summed E-state index contributed by atoms with van der Waals surface area (Å²) >= 11 is 0. The van der Waals surface area contributed by atoms with Crippen molar-refractivity contribution in [3.05, 3.63) is 65.6 Å². The second kappa shape index (κ2) is 5.88. The SMILES string of the molecule is Cc1cc(C)c(-c2cccc(N3CN(C)c4cncnc43)c2)c(C)c1. The van der Waals surface area contributed by atoms with E-state index in [1.165, 1.54) is 27.8 Å². The number of nitrogens with zero attached hydrogens (tertiary/aromatic N) is 4. The van der Waals surface area contributed by atoms with Crippen LogP contribution in [0.3, 0.4) is 0 Å². The Hall–Kier alpha value is -2.88. The zero-order valence-electron chi connectivity index (χ0n) is 15.1. The summed E-state index contributed by atoms with van der Waals surface area (Å²) in [6.45, 7) is 7.31. The van der Waals surface area contributed by atoms with E-state index in [4.69, 9.17) is 0 Å². The van der Waals surface area contributed by atoms with E-state index in [0.29, 0.717) is 0 Å². The summed E-state index contributed by atoms with van der Waals surface area (Å²) in [6.07, 6.45) is 3.49. The molecular weight excluding hydrogens is 308 g/mol. The molecule has 4 nitrogen and oxygen atoms in total. The first-order chi connectivity index (χ1) is 12.0. The van der Waals surface area contributed by atoms with Crippen LogP contribution < -0.4 is 9.80 Å². The van der Waals surface area contributed by atoms with Crippen LogP contribution in [0.2, 0.25) is 0 Å². The maximum atomic E-state index is 4.49. The van der Waals surface area contributed by atoms with E-state index in [-0.39, 0.29) is 0 Å². The third kappa shape index (κ3) is 2.64. The van der Waals surface area contributed by atoms with Crippen molar-refractivity contribution < 1.29 is 0 Å². The van der Waals surface area contributed by atoms with Gasteiger partial charge < -0.3 is 9.80 Å². The minimum atomic E-state index is 0.781. The maximum absolute atomic E-state index is 4.49. The predicted molar refractivity (Wildman–Crippen MR) is 104 cm³/mol. The molecule has 126 valence electrons. The maximum Gasteiger partial charge on any atom is 0.161 e. The van der Waals surface area contributed by atoms with Crippen molar-refractivity contribution in [1.82, 2.24) is 9.97 Å². The molecule has 0 atom stereocenters. The van der Waals surface area contributed by atoms with E-state index < -0.39 is 0 Å². The Balaban J connectivity index is 1.80. The number of anilines is 3. The van der Waals surface area contributed by atoms with Crippen molar-refractivity contribution in [2.75, 3.05) is 23.5 Å². The normalized spacial score (nSPS) is 13.3. The summed E-state index contributed by atoms with van der Waals surface area (Å²) in [7, 11) is 2.07. The first-order valence-corrected chi connectivity index (χ1v) is 8.51. The number of aryl methyl sites for hydroxylation is 3. The Morgan fingerprint density at radius 2 is 1.76 bits per heavy atom. The molecule has 0 spiro atoms. The highest BCUT2D eigenvalue weighted by atomic mass is 15.4. The Bertz CT molecular complexity index is 925. The molecule has 0 fully saturated rings. The first-order valence-electron chi connectivity index (χ1n) is 8.51. The molecule has 0 saturated carbocycles. The highest BCUT2D eigenvalue weighted by Gasteiger charge is 2.26. The Kier molecular flexibility index (Phi) is 3.68. The lowest BCUT2D eigenvalue weighted by Crippen LogP contribution is -2.24. The summed E-state index contributed by atoms with van der Waals surface area (Å²) in [6, 6.07) is 13.2. The quantitative estimate of drug-likeness (QED) is 0.686. The van der Waals surface area contributed by atoms with Gasteiger partial charge >= 0.3 is 0 Å². The van der Waals surface area contributed by atoms with Gasteiger partial charge in [-0.05, 0) is 55.2 Å². The van der Waals surface area contributed by atoms with Gasteiger partial charge in [0.15, 0.2) is 5.82 Å². The lowest BCUT2D eigenvalue weighted by Gasteiger charge is -2.20. The van der Waals surface area contributed by atoms with E-state index >= 15 is 0 Å². The van der Waals surface area contributed by atoms with Gasteiger partial charge in [-0.3, -0.25) is 0 Å². The van der Waals surface area contributed by atoms with E-state index in [1.807, 2.05) is 6.20 Å². The van der Waals surface area contributed by atoms with E-state index in [2.05, 4.69) is 84.0 Å². The molecule has 4 rings (SSSR count). The van der Waals surface area contributed by atoms with Crippen LogP contribution in [0.25, 0.3) is 11.1 Å². The number of fused-ring (bicyclic) bond motifs is 1. The molecule has 4 heteroatoms. The minimum Gasteiger partial charge on any atom is -0.352 e. The predicted octanol–water partition coefficient (Wildman–Crippen LogP) is 4.61. The fourth-order valence-corrected chi connectivity index (χ4v) is 3.82. The van der Waals surface area contributed by atoms with Gasteiger partial charge in [0.05, 0.1) is 12.9 Å². The molecule has 1 aliphatic rings. The Morgan fingerprint density at radius 3 is 2.52 bits per heavy atom. The molecule has 0 radical (unpaired) electrons. The lowest BCUT2D eigenvalue weighted by molar-refractivity contribution is 0.944. The molecule has 1 aliphatic heterocycles. The van der Waals surface area contributed by atoms with Crippen LogP contribution in [-0.4, -0.2) is 23.7 Å². The fourth-order valence-electron chi connectivity index (χ4n) is 3.82. The summed E-state index contributed by atoms with van der Waals surface area (Å²) in [5.74, 6) is 0.965. The molecule has 0 N–H and O–H groups in total. The van der Waals surface area contributed by atoms with Crippen molar-refractivity contribution in [3.63, 3.8) is 0 Å². The molecular formula is C21H22N4. The topological polar surface area (TPSA) is 32.3 Å². The minimum absolute atomic E-state index is 0.781. The summed E-state index contributed by atoms with van der Waals surface area (Å²) < 4.78 is 0. The van der Waals surface area contributed by atoms with Gasteiger partial charge in [0.25, 0.3) is 0 Å². The standard InChI is InChI=1S/C21H22N4/c1-14-8-15(2)20(16(3)9-14)17-6-5-7-18(10-17)25-13-24(4)19-11-22-12-23-21(19)25/h5-12H,13H2,1-4H3. The lowest BCUT2D eigenvalue weighted by atomic mass is 9.93. The molecule has 2 aromatic carbocycles. The highest BCUT2D eigenvalue weighted by Crippen LogP contribution is 2.39. The van der Waals surface area contributed by atoms with Crippen molar-refractivity contribution in [2.45, 2.75) is 20.8 Å². The molecule has 1 aromatic heterocycles. The number of benzene rings is 2. The van der Waals surface area contributed by atoms with Gasteiger partial charge in [-0.25, -0.2) is 9.97 Å². The van der Waals surface area contributed by atoms with Crippen LogP contribution in [0, 0.1) is 20.8 Å². The number of aromatic nitrogens is 2. The average Bonchev–Trinajstić information content (AvgIpc) is 2.92. The van der Waals surface area contributed by atoms with Crippen LogP contribution in [-0.2, 0) is 0 Å². The molecule has 0 aliphatic carbocycles. The highest BCUT2D eigenvalue weighted by molar-refractivity contribution is 5.81. The molecule has 25 heavy (non-hydrogen) atoms. The van der Waals surface area contributed by atoms with Crippen molar-refractivity contribution in [3.8, 4) is 11.1 Å². The molecule has 2 heterocycles. The average molecular weight is 330 g/mol. The molecule has 0 bridgehead atoms. The second-order valence-corrected chi connectivity index (χ2v) is 6.82.